The standard InChI is InChI=1S/C12H9BrFNO2/c13-9-5-11(12(16)17)15(7-9)6-8-1-3-10(14)4-2-8/h1-5,7H,6H2,(H,16,17). The highest BCUT2D eigenvalue weighted by Gasteiger charge is 2.11. The van der Waals surface area contributed by atoms with Crippen LogP contribution < -0.4 is 0 Å². The number of aromatic carboxylic acids is 1. The molecule has 0 atom stereocenters. The van der Waals surface area contributed by atoms with Gasteiger partial charge in [0, 0.05) is 17.2 Å². The molecule has 17 heavy (non-hydrogen) atoms. The molecule has 0 bridgehead atoms. The Labute approximate surface area is 106 Å². The summed E-state index contributed by atoms with van der Waals surface area (Å²) in [5, 5.41) is 9.00. The van der Waals surface area contributed by atoms with E-state index >= 15 is 0 Å². The molecule has 0 saturated heterocycles. The normalized spacial score (nSPS) is 10.5. The van der Waals surface area contributed by atoms with Crippen LogP contribution in [0.25, 0.3) is 0 Å². The molecule has 1 N–H and O–H groups in total. The molecule has 0 fully saturated rings. The van der Waals surface area contributed by atoms with E-state index in [1.807, 2.05) is 0 Å². The molecule has 0 unspecified atom stereocenters. The summed E-state index contributed by atoms with van der Waals surface area (Å²) in [6, 6.07) is 7.51. The fourth-order valence-electron chi connectivity index (χ4n) is 1.57. The van der Waals surface area contributed by atoms with Crippen molar-refractivity contribution in [2.45, 2.75) is 6.54 Å². The first-order valence-electron chi connectivity index (χ1n) is 4.89. The molecule has 1 heterocycles. The van der Waals surface area contributed by atoms with Crippen LogP contribution in [0.1, 0.15) is 16.1 Å². The maximum absolute atomic E-state index is 12.7. The third-order valence-electron chi connectivity index (χ3n) is 2.35. The van der Waals surface area contributed by atoms with Crippen LogP contribution in [0.15, 0.2) is 41.0 Å². The van der Waals surface area contributed by atoms with E-state index in [0.717, 1.165) is 5.56 Å². The van der Waals surface area contributed by atoms with E-state index in [2.05, 4.69) is 15.9 Å². The molecule has 88 valence electrons. The summed E-state index contributed by atoms with van der Waals surface area (Å²) in [6.45, 7) is 0.396. The minimum Gasteiger partial charge on any atom is -0.477 e. The van der Waals surface area contributed by atoms with Crippen molar-refractivity contribution >= 4 is 21.9 Å². The van der Waals surface area contributed by atoms with Gasteiger partial charge in [-0.25, -0.2) is 9.18 Å². The predicted molar refractivity (Wildman–Crippen MR) is 64.6 cm³/mol. The highest BCUT2D eigenvalue weighted by atomic mass is 79.9. The fourth-order valence-corrected chi connectivity index (χ4v) is 2.04. The highest BCUT2D eigenvalue weighted by Crippen LogP contribution is 2.17. The van der Waals surface area contributed by atoms with Gasteiger partial charge >= 0.3 is 5.97 Å². The van der Waals surface area contributed by atoms with Crippen LogP contribution >= 0.6 is 15.9 Å². The van der Waals surface area contributed by atoms with Crippen LogP contribution in [-0.2, 0) is 6.54 Å². The molecule has 5 heteroatoms. The van der Waals surface area contributed by atoms with Gasteiger partial charge in [-0.15, -0.1) is 0 Å². The lowest BCUT2D eigenvalue weighted by Gasteiger charge is -2.06. The van der Waals surface area contributed by atoms with E-state index < -0.39 is 5.97 Å². The van der Waals surface area contributed by atoms with Gasteiger partial charge in [-0.05, 0) is 39.7 Å². The molecule has 0 aliphatic rings. The quantitative estimate of drug-likeness (QED) is 0.946. The molecule has 0 aliphatic heterocycles. The van der Waals surface area contributed by atoms with Gasteiger partial charge in [0.15, 0.2) is 0 Å². The Morgan fingerprint density at radius 3 is 2.59 bits per heavy atom. The number of rotatable bonds is 3. The predicted octanol–water partition coefficient (Wildman–Crippen LogP) is 3.14. The lowest BCUT2D eigenvalue weighted by molar-refractivity contribution is 0.0685. The largest absolute Gasteiger partial charge is 0.477 e. The summed E-state index contributed by atoms with van der Waals surface area (Å²) in [5.41, 5.74) is 1.04. The van der Waals surface area contributed by atoms with Crippen molar-refractivity contribution < 1.29 is 14.3 Å². The number of carboxylic acid groups (broad SMARTS) is 1. The first-order chi connectivity index (χ1) is 8.06. The summed E-state index contributed by atoms with van der Waals surface area (Å²) in [4.78, 5) is 11.0. The Morgan fingerprint density at radius 1 is 1.35 bits per heavy atom. The average molecular weight is 298 g/mol. The smallest absolute Gasteiger partial charge is 0.352 e. The van der Waals surface area contributed by atoms with Crippen LogP contribution in [0.5, 0.6) is 0 Å². The van der Waals surface area contributed by atoms with Crippen LogP contribution in [0, 0.1) is 5.82 Å². The van der Waals surface area contributed by atoms with Gasteiger partial charge in [0.2, 0.25) is 0 Å². The van der Waals surface area contributed by atoms with Crippen molar-refractivity contribution in [1.82, 2.24) is 4.57 Å². The molecule has 2 aromatic rings. The third kappa shape index (κ3) is 2.74. The fraction of sp³-hybridized carbons (Fsp3) is 0.0833. The minimum atomic E-state index is -0.988. The van der Waals surface area contributed by atoms with E-state index in [4.69, 9.17) is 5.11 Å². The molecule has 0 spiro atoms. The third-order valence-corrected chi connectivity index (χ3v) is 2.78. The number of carboxylic acids is 1. The Balaban J connectivity index is 2.29. The average Bonchev–Trinajstić information content (AvgIpc) is 2.63. The molecule has 1 aromatic carbocycles. The van der Waals surface area contributed by atoms with Gasteiger partial charge in [0.05, 0.1) is 0 Å². The van der Waals surface area contributed by atoms with Crippen molar-refractivity contribution in [3.8, 4) is 0 Å². The lowest BCUT2D eigenvalue weighted by atomic mass is 10.2. The summed E-state index contributed by atoms with van der Waals surface area (Å²) in [6.07, 6.45) is 1.69. The zero-order chi connectivity index (χ0) is 12.4. The second-order valence-electron chi connectivity index (χ2n) is 3.60. The Hall–Kier alpha value is -1.62. The van der Waals surface area contributed by atoms with E-state index in [9.17, 15) is 9.18 Å². The Bertz CT molecular complexity index is 548. The number of benzene rings is 1. The van der Waals surface area contributed by atoms with Crippen molar-refractivity contribution in [2.24, 2.45) is 0 Å². The number of carbonyl (C=O) groups is 1. The topological polar surface area (TPSA) is 42.2 Å². The zero-order valence-corrected chi connectivity index (χ0v) is 10.3. The van der Waals surface area contributed by atoms with Crippen LogP contribution in [0.3, 0.4) is 0 Å². The second kappa shape index (κ2) is 4.71. The minimum absolute atomic E-state index is 0.196. The molecular weight excluding hydrogens is 289 g/mol. The molecule has 0 aliphatic carbocycles. The van der Waals surface area contributed by atoms with E-state index in [-0.39, 0.29) is 11.5 Å². The highest BCUT2D eigenvalue weighted by molar-refractivity contribution is 9.10. The van der Waals surface area contributed by atoms with Crippen LogP contribution in [-0.4, -0.2) is 15.6 Å². The molecule has 1 aromatic heterocycles. The second-order valence-corrected chi connectivity index (χ2v) is 4.52. The number of aromatic nitrogens is 1. The SMILES string of the molecule is O=C(O)c1cc(Br)cn1Cc1ccc(F)cc1. The maximum Gasteiger partial charge on any atom is 0.352 e. The lowest BCUT2D eigenvalue weighted by Crippen LogP contribution is -2.08. The Morgan fingerprint density at radius 2 is 2.00 bits per heavy atom. The summed E-state index contributed by atoms with van der Waals surface area (Å²) in [7, 11) is 0. The summed E-state index contributed by atoms with van der Waals surface area (Å²) < 4.78 is 15.0. The molecule has 0 radical (unpaired) electrons. The molecule has 0 amide bonds. The van der Waals surface area contributed by atoms with Crippen molar-refractivity contribution in [2.75, 3.05) is 0 Å². The first-order valence-corrected chi connectivity index (χ1v) is 5.69. The zero-order valence-electron chi connectivity index (χ0n) is 8.73. The van der Waals surface area contributed by atoms with E-state index in [0.29, 0.717) is 11.0 Å². The van der Waals surface area contributed by atoms with Gasteiger partial charge in [-0.2, -0.15) is 0 Å². The number of nitrogens with zero attached hydrogens (tertiary/aromatic N) is 1. The molecule has 3 nitrogen and oxygen atoms in total. The van der Waals surface area contributed by atoms with Gasteiger partial charge in [-0.1, -0.05) is 12.1 Å². The molecule has 2 rings (SSSR count). The molecule has 0 saturated carbocycles. The number of hydrogen-bond donors (Lipinski definition) is 1. The van der Waals surface area contributed by atoms with Gasteiger partial charge in [0.1, 0.15) is 11.5 Å². The van der Waals surface area contributed by atoms with Crippen molar-refractivity contribution in [1.29, 1.82) is 0 Å². The number of halogens is 2. The van der Waals surface area contributed by atoms with Crippen molar-refractivity contribution in [3.63, 3.8) is 0 Å². The van der Waals surface area contributed by atoms with E-state index in [1.165, 1.54) is 18.2 Å². The number of hydrogen-bond acceptors (Lipinski definition) is 1. The summed E-state index contributed by atoms with van der Waals surface area (Å²) >= 11 is 3.23. The summed E-state index contributed by atoms with van der Waals surface area (Å²) in [5.74, 6) is -1.29. The Kier molecular flexibility index (Phi) is 3.28. The monoisotopic (exact) mass is 297 g/mol. The van der Waals surface area contributed by atoms with E-state index in [1.54, 1.807) is 22.9 Å². The first kappa shape index (κ1) is 11.9. The van der Waals surface area contributed by atoms with Gasteiger partial charge in [-0.3, -0.25) is 0 Å². The van der Waals surface area contributed by atoms with Crippen molar-refractivity contribution in [3.05, 3.63) is 58.1 Å². The maximum atomic E-state index is 12.7. The van der Waals surface area contributed by atoms with Crippen LogP contribution in [0.2, 0.25) is 0 Å². The van der Waals surface area contributed by atoms with Gasteiger partial charge in [0.25, 0.3) is 0 Å². The van der Waals surface area contributed by atoms with Gasteiger partial charge < -0.3 is 9.67 Å². The molecular formula is C12H9BrFNO2. The van der Waals surface area contributed by atoms with Crippen LogP contribution in [0.4, 0.5) is 4.39 Å².